The van der Waals surface area contributed by atoms with E-state index in [2.05, 4.69) is 19.5 Å². The summed E-state index contributed by atoms with van der Waals surface area (Å²) >= 11 is 0. The first kappa shape index (κ1) is 11.5. The van der Waals surface area contributed by atoms with Gasteiger partial charge in [-0.05, 0) is 17.7 Å². The van der Waals surface area contributed by atoms with Crippen LogP contribution in [0.1, 0.15) is 5.56 Å². The lowest BCUT2D eigenvalue weighted by atomic mass is 10.2. The highest BCUT2D eigenvalue weighted by Gasteiger charge is 2.08. The highest BCUT2D eigenvalue weighted by Crippen LogP contribution is 2.16. The average molecular weight is 254 g/mol. The molecule has 2 heterocycles. The Bertz CT molecular complexity index is 640. The van der Waals surface area contributed by atoms with Gasteiger partial charge in [-0.3, -0.25) is 0 Å². The van der Waals surface area contributed by atoms with Gasteiger partial charge in [-0.25, -0.2) is 9.97 Å². The van der Waals surface area contributed by atoms with E-state index in [9.17, 15) is 0 Å². The van der Waals surface area contributed by atoms with Crippen molar-refractivity contribution in [3.63, 3.8) is 0 Å². The third-order valence-electron chi connectivity index (χ3n) is 2.94. The van der Waals surface area contributed by atoms with Gasteiger partial charge in [0, 0.05) is 31.3 Å². The molecule has 1 aromatic carbocycles. The molecule has 96 valence electrons. The van der Waals surface area contributed by atoms with Gasteiger partial charge >= 0.3 is 0 Å². The van der Waals surface area contributed by atoms with Gasteiger partial charge in [0.05, 0.1) is 7.11 Å². The number of ether oxygens (including phenoxy) is 1. The molecule has 5 heteroatoms. The molecule has 0 fully saturated rings. The summed E-state index contributed by atoms with van der Waals surface area (Å²) in [6.45, 7) is 0.750. The fourth-order valence-electron chi connectivity index (χ4n) is 1.97. The maximum atomic E-state index is 5.15. The van der Waals surface area contributed by atoms with E-state index in [0.717, 1.165) is 23.9 Å². The van der Waals surface area contributed by atoms with Crippen molar-refractivity contribution in [2.45, 2.75) is 6.54 Å². The molecule has 0 saturated heterocycles. The predicted molar refractivity (Wildman–Crippen MR) is 71.9 cm³/mol. The summed E-state index contributed by atoms with van der Waals surface area (Å²) < 4.78 is 7.21. The molecule has 1 N–H and O–H groups in total. The predicted octanol–water partition coefficient (Wildman–Crippen LogP) is 2.33. The van der Waals surface area contributed by atoms with Gasteiger partial charge in [-0.2, -0.15) is 0 Å². The minimum atomic E-state index is 0.750. The first-order chi connectivity index (χ1) is 9.36. The molecule has 3 rings (SSSR count). The largest absolute Gasteiger partial charge is 0.497 e. The molecular formula is C14H14N4O. The van der Waals surface area contributed by atoms with E-state index >= 15 is 0 Å². The fourth-order valence-corrected chi connectivity index (χ4v) is 1.97. The standard InChI is InChI=1S/C14H14N4O/c1-19-12-4-2-11(3-5-12)10-18-9-8-17-14(18)13-15-6-7-16-13/h2-9H,10H2,1H3,(H,15,16). The van der Waals surface area contributed by atoms with Crippen molar-refractivity contribution in [3.8, 4) is 17.4 Å². The van der Waals surface area contributed by atoms with E-state index in [4.69, 9.17) is 4.74 Å². The third-order valence-corrected chi connectivity index (χ3v) is 2.94. The second kappa shape index (κ2) is 4.97. The van der Waals surface area contributed by atoms with E-state index in [1.165, 1.54) is 5.56 Å². The monoisotopic (exact) mass is 254 g/mol. The van der Waals surface area contributed by atoms with E-state index in [1.807, 2.05) is 30.5 Å². The first-order valence-electron chi connectivity index (χ1n) is 6.00. The summed E-state index contributed by atoms with van der Waals surface area (Å²) in [7, 11) is 1.67. The summed E-state index contributed by atoms with van der Waals surface area (Å²) in [6.07, 6.45) is 7.24. The maximum Gasteiger partial charge on any atom is 0.176 e. The van der Waals surface area contributed by atoms with Gasteiger partial charge < -0.3 is 14.3 Å². The minimum absolute atomic E-state index is 0.750. The van der Waals surface area contributed by atoms with Gasteiger partial charge in [0.25, 0.3) is 0 Å². The topological polar surface area (TPSA) is 55.7 Å². The number of aromatic nitrogens is 4. The Labute approximate surface area is 110 Å². The molecule has 0 aliphatic carbocycles. The fraction of sp³-hybridized carbons (Fsp3) is 0.143. The van der Waals surface area contributed by atoms with Gasteiger partial charge in [-0.1, -0.05) is 12.1 Å². The van der Waals surface area contributed by atoms with Crippen molar-refractivity contribution in [1.29, 1.82) is 0 Å². The van der Waals surface area contributed by atoms with Crippen LogP contribution in [0.5, 0.6) is 5.75 Å². The third kappa shape index (κ3) is 2.35. The van der Waals surface area contributed by atoms with Crippen LogP contribution in [-0.2, 0) is 6.54 Å². The Morgan fingerprint density at radius 3 is 2.68 bits per heavy atom. The SMILES string of the molecule is COc1ccc(Cn2ccnc2-c2ncc[nH]2)cc1. The summed E-state index contributed by atoms with van der Waals surface area (Å²) in [4.78, 5) is 11.6. The van der Waals surface area contributed by atoms with Crippen LogP contribution in [0.15, 0.2) is 49.1 Å². The number of H-pyrrole nitrogens is 1. The molecule has 19 heavy (non-hydrogen) atoms. The second-order valence-electron chi connectivity index (χ2n) is 4.16. The molecule has 0 atom stereocenters. The van der Waals surface area contributed by atoms with Crippen molar-refractivity contribution < 1.29 is 4.74 Å². The van der Waals surface area contributed by atoms with Gasteiger partial charge in [0.2, 0.25) is 0 Å². The Kier molecular flexibility index (Phi) is 3.02. The molecular weight excluding hydrogens is 240 g/mol. The maximum absolute atomic E-state index is 5.15. The lowest BCUT2D eigenvalue weighted by Gasteiger charge is -2.07. The van der Waals surface area contributed by atoms with Crippen LogP contribution in [0.25, 0.3) is 11.6 Å². The highest BCUT2D eigenvalue weighted by atomic mass is 16.5. The highest BCUT2D eigenvalue weighted by molar-refractivity contribution is 5.43. The molecule has 0 bridgehead atoms. The number of imidazole rings is 2. The van der Waals surface area contributed by atoms with Crippen molar-refractivity contribution in [2.24, 2.45) is 0 Å². The van der Waals surface area contributed by atoms with E-state index in [0.29, 0.717) is 0 Å². The Hall–Kier alpha value is -2.56. The number of hydrogen-bond donors (Lipinski definition) is 1. The van der Waals surface area contributed by atoms with E-state index in [-0.39, 0.29) is 0 Å². The van der Waals surface area contributed by atoms with E-state index < -0.39 is 0 Å². The lowest BCUT2D eigenvalue weighted by Crippen LogP contribution is -2.01. The van der Waals surface area contributed by atoms with Crippen LogP contribution in [0, 0.1) is 0 Å². The number of nitrogens with one attached hydrogen (secondary N) is 1. The molecule has 2 aromatic heterocycles. The molecule has 0 spiro atoms. The van der Waals surface area contributed by atoms with Crippen molar-refractivity contribution in [3.05, 3.63) is 54.6 Å². The van der Waals surface area contributed by atoms with Crippen molar-refractivity contribution in [2.75, 3.05) is 7.11 Å². The number of aromatic amines is 1. The lowest BCUT2D eigenvalue weighted by molar-refractivity contribution is 0.414. The molecule has 0 aliphatic rings. The molecule has 0 unspecified atom stereocenters. The van der Waals surface area contributed by atoms with Gasteiger partial charge in [0.15, 0.2) is 11.6 Å². The molecule has 0 saturated carbocycles. The number of methoxy groups -OCH3 is 1. The average Bonchev–Trinajstić information content (AvgIpc) is 3.10. The summed E-state index contributed by atoms with van der Waals surface area (Å²) in [5.41, 5.74) is 1.19. The van der Waals surface area contributed by atoms with Gasteiger partial charge in [0.1, 0.15) is 5.75 Å². The van der Waals surface area contributed by atoms with Gasteiger partial charge in [-0.15, -0.1) is 0 Å². The first-order valence-corrected chi connectivity index (χ1v) is 6.00. The zero-order chi connectivity index (χ0) is 13.1. The molecule has 0 aliphatic heterocycles. The minimum Gasteiger partial charge on any atom is -0.497 e. The second-order valence-corrected chi connectivity index (χ2v) is 4.16. The summed E-state index contributed by atoms with van der Waals surface area (Å²) in [5.74, 6) is 2.47. The van der Waals surface area contributed by atoms with Crippen LogP contribution < -0.4 is 4.74 Å². The number of benzene rings is 1. The Morgan fingerprint density at radius 2 is 2.00 bits per heavy atom. The van der Waals surface area contributed by atoms with Crippen LogP contribution in [0.4, 0.5) is 0 Å². The zero-order valence-electron chi connectivity index (χ0n) is 10.6. The zero-order valence-corrected chi connectivity index (χ0v) is 10.6. The quantitative estimate of drug-likeness (QED) is 0.777. The van der Waals surface area contributed by atoms with Crippen LogP contribution in [0.2, 0.25) is 0 Å². The smallest absolute Gasteiger partial charge is 0.176 e. The summed E-state index contributed by atoms with van der Waals surface area (Å²) in [5, 5.41) is 0. The van der Waals surface area contributed by atoms with Crippen molar-refractivity contribution in [1.82, 2.24) is 19.5 Å². The summed E-state index contributed by atoms with van der Waals surface area (Å²) in [6, 6.07) is 8.01. The number of nitrogens with zero attached hydrogens (tertiary/aromatic N) is 3. The molecule has 0 radical (unpaired) electrons. The normalized spacial score (nSPS) is 10.6. The number of hydrogen-bond acceptors (Lipinski definition) is 3. The van der Waals surface area contributed by atoms with Crippen LogP contribution in [0.3, 0.4) is 0 Å². The van der Waals surface area contributed by atoms with Crippen LogP contribution in [-0.4, -0.2) is 26.6 Å². The van der Waals surface area contributed by atoms with Crippen LogP contribution >= 0.6 is 0 Å². The number of rotatable bonds is 4. The Balaban J connectivity index is 1.85. The van der Waals surface area contributed by atoms with Crippen molar-refractivity contribution >= 4 is 0 Å². The molecule has 3 aromatic rings. The Morgan fingerprint density at radius 1 is 1.16 bits per heavy atom. The molecule has 0 amide bonds. The molecule has 5 nitrogen and oxygen atoms in total. The van der Waals surface area contributed by atoms with E-state index in [1.54, 1.807) is 25.7 Å².